The Morgan fingerprint density at radius 1 is 1.10 bits per heavy atom. The molecule has 0 radical (unpaired) electrons. The van der Waals surface area contributed by atoms with E-state index >= 15 is 0 Å². The molecule has 3 aromatic rings. The third-order valence-electron chi connectivity index (χ3n) is 6.28. The molecule has 1 atom stereocenters. The van der Waals surface area contributed by atoms with Crippen molar-refractivity contribution in [1.82, 2.24) is 9.47 Å². The zero-order valence-electron chi connectivity index (χ0n) is 18.1. The molecule has 1 saturated heterocycles. The van der Waals surface area contributed by atoms with Crippen molar-refractivity contribution in [3.05, 3.63) is 88.6 Å². The van der Waals surface area contributed by atoms with Crippen LogP contribution in [0.1, 0.15) is 46.8 Å². The van der Waals surface area contributed by atoms with Crippen LogP contribution < -0.4 is 5.32 Å². The average Bonchev–Trinajstić information content (AvgIpc) is 3.33. The smallest absolute Gasteiger partial charge is 0.239 e. The zero-order valence-corrected chi connectivity index (χ0v) is 18.1. The number of nitrogens with one attached hydrogen (secondary N) is 1. The molecule has 0 bridgehead atoms. The van der Waals surface area contributed by atoms with E-state index in [9.17, 15) is 10.1 Å². The summed E-state index contributed by atoms with van der Waals surface area (Å²) in [7, 11) is 0. The third kappa shape index (κ3) is 4.40. The van der Waals surface area contributed by atoms with Crippen LogP contribution in [0.15, 0.2) is 60.7 Å². The van der Waals surface area contributed by atoms with Crippen molar-refractivity contribution in [3.63, 3.8) is 0 Å². The van der Waals surface area contributed by atoms with Crippen molar-refractivity contribution in [3.8, 4) is 6.07 Å². The zero-order chi connectivity index (χ0) is 21.8. The van der Waals surface area contributed by atoms with Gasteiger partial charge < -0.3 is 9.88 Å². The van der Waals surface area contributed by atoms with Crippen LogP contribution in [0.3, 0.4) is 0 Å². The first-order valence-corrected chi connectivity index (χ1v) is 10.8. The summed E-state index contributed by atoms with van der Waals surface area (Å²) < 4.78 is 2.04. The van der Waals surface area contributed by atoms with Gasteiger partial charge in [-0.25, -0.2) is 0 Å². The minimum atomic E-state index is -0.0776. The summed E-state index contributed by atoms with van der Waals surface area (Å²) in [6, 6.07) is 23.0. The summed E-state index contributed by atoms with van der Waals surface area (Å²) in [6.07, 6.45) is 2.14. The van der Waals surface area contributed by atoms with Crippen LogP contribution >= 0.6 is 0 Å². The molecule has 1 fully saturated rings. The highest BCUT2D eigenvalue weighted by molar-refractivity contribution is 5.93. The van der Waals surface area contributed by atoms with E-state index < -0.39 is 0 Å². The van der Waals surface area contributed by atoms with Crippen LogP contribution in [-0.4, -0.2) is 28.5 Å². The van der Waals surface area contributed by atoms with Crippen molar-refractivity contribution >= 4 is 11.7 Å². The summed E-state index contributed by atoms with van der Waals surface area (Å²) in [5.41, 5.74) is 4.84. The van der Waals surface area contributed by atoms with Gasteiger partial charge >= 0.3 is 0 Å². The Kier molecular flexibility index (Phi) is 6.20. The van der Waals surface area contributed by atoms with Gasteiger partial charge in [0, 0.05) is 18.3 Å². The lowest BCUT2D eigenvalue weighted by Gasteiger charge is -2.24. The van der Waals surface area contributed by atoms with Crippen LogP contribution in [0, 0.1) is 25.2 Å². The number of carbonyl (C=O) groups excluding carboxylic acids is 1. The molecule has 0 saturated carbocycles. The van der Waals surface area contributed by atoms with Crippen molar-refractivity contribution in [2.75, 3.05) is 18.4 Å². The number of hydrogen-bond donors (Lipinski definition) is 1. The largest absolute Gasteiger partial charge is 0.326 e. The van der Waals surface area contributed by atoms with Crippen LogP contribution in [0.2, 0.25) is 0 Å². The lowest BCUT2D eigenvalue weighted by Crippen LogP contribution is -2.33. The Morgan fingerprint density at radius 2 is 1.77 bits per heavy atom. The molecule has 1 aliphatic heterocycles. The van der Waals surface area contributed by atoms with Crippen LogP contribution in [0.25, 0.3) is 0 Å². The van der Waals surface area contributed by atoms with Crippen molar-refractivity contribution in [1.29, 1.82) is 5.26 Å². The number of nitriles is 1. The average molecular weight is 413 g/mol. The molecule has 4 rings (SSSR count). The van der Waals surface area contributed by atoms with E-state index in [-0.39, 0.29) is 11.9 Å². The van der Waals surface area contributed by atoms with Gasteiger partial charge in [0.1, 0.15) is 11.9 Å². The Labute approximate surface area is 183 Å². The molecule has 0 aliphatic carbocycles. The number of benzene rings is 2. The SMILES string of the molecule is Cc1c(C#N)c(NC(=O)CN2CCCC2c2ccccc2)n(Cc2ccccc2)c1C. The molecule has 2 aromatic carbocycles. The molecule has 5 heteroatoms. The fourth-order valence-corrected chi connectivity index (χ4v) is 4.52. The molecule has 1 aromatic heterocycles. The van der Waals surface area contributed by atoms with E-state index in [1.165, 1.54) is 5.56 Å². The number of rotatable bonds is 6. The summed E-state index contributed by atoms with van der Waals surface area (Å²) in [4.78, 5) is 15.3. The van der Waals surface area contributed by atoms with Gasteiger partial charge in [-0.15, -0.1) is 0 Å². The minimum Gasteiger partial charge on any atom is -0.326 e. The van der Waals surface area contributed by atoms with E-state index in [1.54, 1.807) is 0 Å². The second kappa shape index (κ2) is 9.20. The van der Waals surface area contributed by atoms with Crippen LogP contribution in [0.5, 0.6) is 0 Å². The predicted molar refractivity (Wildman–Crippen MR) is 123 cm³/mol. The number of anilines is 1. The second-order valence-electron chi connectivity index (χ2n) is 8.20. The number of nitrogens with zero attached hydrogens (tertiary/aromatic N) is 3. The standard InChI is InChI=1S/C26H28N4O/c1-19-20(2)30(17-21-10-5-3-6-11-21)26(23(19)16-27)28-25(31)18-29-15-9-14-24(29)22-12-7-4-8-13-22/h3-8,10-13,24H,9,14-15,17-18H2,1-2H3,(H,28,31). The lowest BCUT2D eigenvalue weighted by molar-refractivity contribution is -0.117. The van der Waals surface area contributed by atoms with Gasteiger partial charge in [-0.3, -0.25) is 9.69 Å². The molecule has 31 heavy (non-hydrogen) atoms. The van der Waals surface area contributed by atoms with E-state index in [1.807, 2.05) is 54.8 Å². The van der Waals surface area contributed by atoms with Crippen molar-refractivity contribution in [2.45, 2.75) is 39.3 Å². The Morgan fingerprint density at radius 3 is 2.45 bits per heavy atom. The quantitative estimate of drug-likeness (QED) is 0.633. The molecule has 2 heterocycles. The molecule has 1 N–H and O–H groups in total. The molecule has 1 unspecified atom stereocenters. The second-order valence-corrected chi connectivity index (χ2v) is 8.20. The number of likely N-dealkylation sites (tertiary alicyclic amines) is 1. The number of carbonyl (C=O) groups is 1. The van der Waals surface area contributed by atoms with E-state index in [0.29, 0.717) is 24.5 Å². The van der Waals surface area contributed by atoms with Crippen LogP contribution in [-0.2, 0) is 11.3 Å². The Hall–Kier alpha value is -3.36. The first kappa shape index (κ1) is 20.9. The monoisotopic (exact) mass is 412 g/mol. The van der Waals surface area contributed by atoms with E-state index in [4.69, 9.17) is 0 Å². The van der Waals surface area contributed by atoms with Gasteiger partial charge in [0.15, 0.2) is 0 Å². The van der Waals surface area contributed by atoms with Crippen molar-refractivity contribution < 1.29 is 4.79 Å². The Balaban J connectivity index is 1.55. The van der Waals surface area contributed by atoms with Crippen LogP contribution in [0.4, 0.5) is 5.82 Å². The molecule has 158 valence electrons. The van der Waals surface area contributed by atoms with Gasteiger partial charge in [0.05, 0.1) is 12.1 Å². The van der Waals surface area contributed by atoms with E-state index in [0.717, 1.165) is 36.2 Å². The number of aromatic nitrogens is 1. The minimum absolute atomic E-state index is 0.0776. The van der Waals surface area contributed by atoms with Crippen molar-refractivity contribution in [2.24, 2.45) is 0 Å². The van der Waals surface area contributed by atoms with Gasteiger partial charge in [0.25, 0.3) is 0 Å². The molecule has 0 spiro atoms. The molecule has 5 nitrogen and oxygen atoms in total. The lowest BCUT2D eigenvalue weighted by atomic mass is 10.0. The summed E-state index contributed by atoms with van der Waals surface area (Å²) >= 11 is 0. The van der Waals surface area contributed by atoms with Gasteiger partial charge in [-0.05, 0) is 49.9 Å². The Bertz CT molecular complexity index is 1100. The number of hydrogen-bond acceptors (Lipinski definition) is 3. The summed E-state index contributed by atoms with van der Waals surface area (Å²) in [5, 5.41) is 12.8. The molecular weight excluding hydrogens is 384 g/mol. The van der Waals surface area contributed by atoms with Gasteiger partial charge in [0.2, 0.25) is 5.91 Å². The van der Waals surface area contributed by atoms with Gasteiger partial charge in [-0.2, -0.15) is 5.26 Å². The first-order chi connectivity index (χ1) is 15.1. The topological polar surface area (TPSA) is 61.1 Å². The predicted octanol–water partition coefficient (Wildman–Crippen LogP) is 4.80. The highest BCUT2D eigenvalue weighted by Crippen LogP contribution is 2.32. The normalized spacial score (nSPS) is 16.2. The summed E-state index contributed by atoms with van der Waals surface area (Å²) in [6.45, 7) is 5.78. The maximum Gasteiger partial charge on any atom is 0.239 e. The first-order valence-electron chi connectivity index (χ1n) is 10.8. The highest BCUT2D eigenvalue weighted by atomic mass is 16.2. The summed E-state index contributed by atoms with van der Waals surface area (Å²) in [5.74, 6) is 0.521. The van der Waals surface area contributed by atoms with Gasteiger partial charge in [-0.1, -0.05) is 60.7 Å². The third-order valence-corrected chi connectivity index (χ3v) is 6.28. The fourth-order valence-electron chi connectivity index (χ4n) is 4.52. The maximum atomic E-state index is 13.1. The van der Waals surface area contributed by atoms with E-state index in [2.05, 4.69) is 40.6 Å². The molecule has 1 aliphatic rings. The maximum absolute atomic E-state index is 13.1. The highest BCUT2D eigenvalue weighted by Gasteiger charge is 2.28. The molecular formula is C26H28N4O. The fraction of sp³-hybridized carbons (Fsp3) is 0.308. The molecule has 1 amide bonds. The number of amides is 1.